The van der Waals surface area contributed by atoms with Crippen molar-refractivity contribution in [3.05, 3.63) is 70.4 Å². The van der Waals surface area contributed by atoms with Crippen LogP contribution >= 0.6 is 11.5 Å². The summed E-state index contributed by atoms with van der Waals surface area (Å²) in [5, 5.41) is 6.44. The van der Waals surface area contributed by atoms with Gasteiger partial charge in [0.2, 0.25) is 5.69 Å². The maximum atomic E-state index is 13.0. The van der Waals surface area contributed by atoms with Gasteiger partial charge in [0, 0.05) is 11.5 Å². The number of hydrogen-bond donors (Lipinski definition) is 1. The summed E-state index contributed by atoms with van der Waals surface area (Å²) in [7, 11) is 1.41. The molecule has 168 valence electrons. The number of rotatable bonds is 7. The third-order valence-corrected chi connectivity index (χ3v) is 5.55. The van der Waals surface area contributed by atoms with Crippen LogP contribution in [0.5, 0.6) is 5.75 Å². The van der Waals surface area contributed by atoms with Gasteiger partial charge in [-0.25, -0.2) is 4.79 Å². The van der Waals surface area contributed by atoms with Crippen LogP contribution < -0.4 is 10.1 Å². The number of carbonyl (C=O) groups excluding carboxylic acids is 4. The number of nitrogens with one attached hydrogen (secondary N) is 1. The number of methoxy groups -OCH3 is 1. The van der Waals surface area contributed by atoms with E-state index in [0.29, 0.717) is 16.7 Å². The van der Waals surface area contributed by atoms with Gasteiger partial charge in [0.1, 0.15) is 5.75 Å². The van der Waals surface area contributed by atoms with E-state index in [1.807, 2.05) is 0 Å². The highest BCUT2D eigenvalue weighted by Gasteiger charge is 2.35. The number of esters is 1. The second kappa shape index (κ2) is 9.17. The molecule has 0 radical (unpaired) electrons. The normalized spacial score (nSPS) is 12.5. The minimum atomic E-state index is -0.701. The van der Waals surface area contributed by atoms with Gasteiger partial charge in [0.25, 0.3) is 17.7 Å². The van der Waals surface area contributed by atoms with Crippen molar-refractivity contribution >= 4 is 40.2 Å². The quantitative estimate of drug-likeness (QED) is 0.416. The smallest absolute Gasteiger partial charge is 0.362 e. The van der Waals surface area contributed by atoms with Crippen LogP contribution in [-0.4, -0.2) is 51.9 Å². The molecular formula is C22H18N4O6S. The second-order valence-electron chi connectivity index (χ2n) is 6.90. The van der Waals surface area contributed by atoms with E-state index in [4.69, 9.17) is 9.47 Å². The van der Waals surface area contributed by atoms with Crippen molar-refractivity contribution in [2.45, 2.75) is 13.5 Å². The average Bonchev–Trinajstić information content (AvgIpc) is 3.38. The molecule has 33 heavy (non-hydrogen) atoms. The lowest BCUT2D eigenvalue weighted by molar-refractivity contribution is 0.0519. The highest BCUT2D eigenvalue weighted by Crippen LogP contribution is 2.27. The number of amides is 3. The van der Waals surface area contributed by atoms with Gasteiger partial charge in [0.05, 0.1) is 37.0 Å². The first-order valence-electron chi connectivity index (χ1n) is 9.87. The topological polar surface area (TPSA) is 128 Å². The van der Waals surface area contributed by atoms with Crippen LogP contribution in [0.3, 0.4) is 0 Å². The van der Waals surface area contributed by atoms with Crippen LogP contribution in [0.15, 0.2) is 42.5 Å². The predicted molar refractivity (Wildman–Crippen MR) is 117 cm³/mol. The molecule has 2 heterocycles. The number of hydrogen-bond acceptors (Lipinski definition) is 9. The molecule has 1 N–H and O–H groups in total. The molecule has 3 aromatic rings. The first-order valence-corrected chi connectivity index (χ1v) is 10.6. The molecule has 11 heteroatoms. The Morgan fingerprint density at radius 1 is 1.09 bits per heavy atom. The number of ether oxygens (including phenoxy) is 2. The molecule has 4 rings (SSSR count). The number of benzene rings is 2. The Morgan fingerprint density at radius 2 is 1.79 bits per heavy atom. The Labute approximate surface area is 192 Å². The number of fused-ring (bicyclic) bond motifs is 1. The Kier molecular flexibility index (Phi) is 6.13. The summed E-state index contributed by atoms with van der Waals surface area (Å²) in [5.74, 6) is -1.80. The van der Waals surface area contributed by atoms with Crippen molar-refractivity contribution < 1.29 is 28.7 Å². The molecular weight excluding hydrogens is 448 g/mol. The third kappa shape index (κ3) is 4.17. The molecule has 1 aliphatic rings. The maximum Gasteiger partial charge on any atom is 0.362 e. The van der Waals surface area contributed by atoms with Crippen LogP contribution in [0.1, 0.15) is 54.0 Å². The molecule has 10 nitrogen and oxygen atoms in total. The van der Waals surface area contributed by atoms with Crippen molar-refractivity contribution in [1.29, 1.82) is 0 Å². The van der Waals surface area contributed by atoms with Crippen LogP contribution in [0.2, 0.25) is 0 Å². The van der Waals surface area contributed by atoms with E-state index in [-0.39, 0.29) is 35.2 Å². The Hall–Kier alpha value is -4.12. The molecule has 0 atom stereocenters. The van der Waals surface area contributed by atoms with E-state index in [1.165, 1.54) is 13.2 Å². The van der Waals surface area contributed by atoms with Gasteiger partial charge in [-0.15, -0.1) is 5.10 Å². The molecule has 1 aliphatic heterocycles. The molecule has 0 spiro atoms. The Morgan fingerprint density at radius 3 is 2.42 bits per heavy atom. The first kappa shape index (κ1) is 22.1. The highest BCUT2D eigenvalue weighted by atomic mass is 32.1. The Bertz CT molecular complexity index is 1240. The van der Waals surface area contributed by atoms with Crippen molar-refractivity contribution in [2.75, 3.05) is 19.0 Å². The zero-order chi connectivity index (χ0) is 23.5. The molecule has 0 bridgehead atoms. The van der Waals surface area contributed by atoms with E-state index in [0.717, 1.165) is 16.4 Å². The zero-order valence-corrected chi connectivity index (χ0v) is 18.5. The van der Waals surface area contributed by atoms with Crippen molar-refractivity contribution in [3.63, 3.8) is 0 Å². The van der Waals surface area contributed by atoms with Crippen LogP contribution in [0, 0.1) is 0 Å². The summed E-state index contributed by atoms with van der Waals surface area (Å²) in [6, 6.07) is 11.4. The predicted octanol–water partition coefficient (Wildman–Crippen LogP) is 2.77. The summed E-state index contributed by atoms with van der Waals surface area (Å²) < 4.78 is 13.9. The summed E-state index contributed by atoms with van der Waals surface area (Å²) >= 11 is 0.832. The van der Waals surface area contributed by atoms with Crippen molar-refractivity contribution in [2.24, 2.45) is 0 Å². The fourth-order valence-electron chi connectivity index (χ4n) is 3.37. The molecule has 0 fully saturated rings. The third-order valence-electron chi connectivity index (χ3n) is 4.91. The van der Waals surface area contributed by atoms with Gasteiger partial charge in [-0.3, -0.25) is 19.3 Å². The van der Waals surface area contributed by atoms with Gasteiger partial charge < -0.3 is 14.8 Å². The van der Waals surface area contributed by atoms with E-state index < -0.39 is 23.7 Å². The van der Waals surface area contributed by atoms with Crippen molar-refractivity contribution in [1.82, 2.24) is 14.5 Å². The van der Waals surface area contributed by atoms with E-state index in [1.54, 1.807) is 43.3 Å². The SMILES string of the molecule is CCOC(=O)c1nnsc1NC(=O)c1cc(CN2C(=O)c3ccccc3C2=O)ccc1OC. The van der Waals surface area contributed by atoms with Crippen molar-refractivity contribution in [3.8, 4) is 5.75 Å². The number of nitrogens with zero attached hydrogens (tertiary/aromatic N) is 3. The molecule has 2 aromatic carbocycles. The molecule has 1 aromatic heterocycles. The Balaban J connectivity index is 1.58. The number of aromatic nitrogens is 2. The van der Waals surface area contributed by atoms with Crippen LogP contribution in [-0.2, 0) is 11.3 Å². The lowest BCUT2D eigenvalue weighted by atomic mass is 10.1. The molecule has 0 unspecified atom stereocenters. The monoisotopic (exact) mass is 466 g/mol. The van der Waals surface area contributed by atoms with Gasteiger partial charge >= 0.3 is 5.97 Å². The van der Waals surface area contributed by atoms with Crippen LogP contribution in [0.25, 0.3) is 0 Å². The highest BCUT2D eigenvalue weighted by molar-refractivity contribution is 7.10. The summed E-state index contributed by atoms with van der Waals surface area (Å²) in [6.45, 7) is 1.78. The first-order chi connectivity index (χ1) is 15.9. The summed E-state index contributed by atoms with van der Waals surface area (Å²) in [6.07, 6.45) is 0. The lowest BCUT2D eigenvalue weighted by Crippen LogP contribution is -2.29. The molecule has 0 saturated heterocycles. The maximum absolute atomic E-state index is 13.0. The summed E-state index contributed by atoms with van der Waals surface area (Å²) in [4.78, 5) is 51.4. The fourth-order valence-corrected chi connectivity index (χ4v) is 3.93. The van der Waals surface area contributed by atoms with Crippen LogP contribution in [0.4, 0.5) is 5.00 Å². The minimum absolute atomic E-state index is 0.0210. The van der Waals surface area contributed by atoms with Gasteiger partial charge in [-0.2, -0.15) is 0 Å². The minimum Gasteiger partial charge on any atom is -0.496 e. The largest absolute Gasteiger partial charge is 0.496 e. The summed E-state index contributed by atoms with van der Waals surface area (Å²) in [5.41, 5.74) is 1.28. The average molecular weight is 466 g/mol. The standard InChI is InChI=1S/C22H18N4O6S/c1-3-32-22(30)17-19(33-25-24-17)23-18(27)15-10-12(8-9-16(15)31-2)11-26-20(28)13-6-4-5-7-14(13)21(26)29/h4-10H,3,11H2,1-2H3,(H,23,27). The molecule has 3 amide bonds. The van der Waals surface area contributed by atoms with Gasteiger partial charge in [-0.05, 0) is 36.8 Å². The van der Waals surface area contributed by atoms with Gasteiger partial charge in [0.15, 0.2) is 5.00 Å². The van der Waals surface area contributed by atoms with Gasteiger partial charge in [-0.1, -0.05) is 22.7 Å². The number of imide groups is 1. The van der Waals surface area contributed by atoms with E-state index >= 15 is 0 Å². The number of anilines is 1. The number of carbonyl (C=O) groups is 4. The fraction of sp³-hybridized carbons (Fsp3) is 0.182. The molecule has 0 aliphatic carbocycles. The molecule has 0 saturated carbocycles. The zero-order valence-electron chi connectivity index (χ0n) is 17.7. The van der Waals surface area contributed by atoms with E-state index in [2.05, 4.69) is 14.9 Å². The van der Waals surface area contributed by atoms with E-state index in [9.17, 15) is 19.2 Å². The lowest BCUT2D eigenvalue weighted by Gasteiger charge is -2.16. The second-order valence-corrected chi connectivity index (χ2v) is 7.66.